The van der Waals surface area contributed by atoms with Crippen LogP contribution in [0.15, 0.2) is 42.5 Å². The zero-order valence-corrected chi connectivity index (χ0v) is 10.3. The second-order valence-corrected chi connectivity index (χ2v) is 4.93. The monoisotopic (exact) mass is 229 g/mol. The Hall–Kier alpha value is -1.12. The second kappa shape index (κ2) is 4.63. The lowest BCUT2D eigenvalue weighted by molar-refractivity contribution is 0.126. The molecule has 2 aliphatic heterocycles. The van der Waals surface area contributed by atoms with Crippen molar-refractivity contribution in [3.63, 3.8) is 0 Å². The number of hydrogen-bond donors (Lipinski definition) is 0. The second-order valence-electron chi connectivity index (χ2n) is 4.93. The minimum atomic E-state index is 0.464. The van der Waals surface area contributed by atoms with E-state index in [2.05, 4.69) is 54.3 Å². The molecule has 3 atom stereocenters. The lowest BCUT2D eigenvalue weighted by Crippen LogP contribution is -2.42. The summed E-state index contributed by atoms with van der Waals surface area (Å²) < 4.78 is 5.49. The zero-order chi connectivity index (χ0) is 11.7. The molecule has 0 amide bonds. The van der Waals surface area contributed by atoms with Crippen LogP contribution >= 0.6 is 0 Å². The molecule has 17 heavy (non-hydrogen) atoms. The maximum Gasteiger partial charge on any atom is 0.0967 e. The van der Waals surface area contributed by atoms with Gasteiger partial charge >= 0.3 is 0 Å². The van der Waals surface area contributed by atoms with Gasteiger partial charge in [0.05, 0.1) is 12.7 Å². The van der Waals surface area contributed by atoms with Crippen molar-refractivity contribution in [2.45, 2.75) is 31.5 Å². The SMILES string of the molecule is C[C@@H](c1ccccc1)N1CC=CC[C@@H]1[C@H]1CO1. The third-order valence-electron chi connectivity index (χ3n) is 3.85. The molecule has 1 aromatic rings. The fraction of sp³-hybridized carbons (Fsp3) is 0.467. The molecule has 2 heteroatoms. The van der Waals surface area contributed by atoms with E-state index in [-0.39, 0.29) is 0 Å². The largest absolute Gasteiger partial charge is 0.371 e. The highest BCUT2D eigenvalue weighted by Gasteiger charge is 2.38. The van der Waals surface area contributed by atoms with Crippen LogP contribution in [0.3, 0.4) is 0 Å². The van der Waals surface area contributed by atoms with E-state index >= 15 is 0 Å². The highest BCUT2D eigenvalue weighted by Crippen LogP contribution is 2.31. The van der Waals surface area contributed by atoms with Crippen LogP contribution in [0.25, 0.3) is 0 Å². The van der Waals surface area contributed by atoms with Gasteiger partial charge in [0.1, 0.15) is 0 Å². The van der Waals surface area contributed by atoms with E-state index in [1.165, 1.54) is 5.56 Å². The Bertz CT molecular complexity index is 397. The summed E-state index contributed by atoms with van der Waals surface area (Å²) in [6, 6.07) is 11.8. The van der Waals surface area contributed by atoms with Crippen molar-refractivity contribution in [3.8, 4) is 0 Å². The van der Waals surface area contributed by atoms with Gasteiger partial charge in [0.25, 0.3) is 0 Å². The van der Waals surface area contributed by atoms with E-state index in [4.69, 9.17) is 4.74 Å². The molecule has 1 saturated heterocycles. The Morgan fingerprint density at radius 3 is 2.71 bits per heavy atom. The summed E-state index contributed by atoms with van der Waals surface area (Å²) >= 11 is 0. The molecule has 3 rings (SSSR count). The summed E-state index contributed by atoms with van der Waals surface area (Å²) in [5, 5.41) is 0. The van der Waals surface area contributed by atoms with Crippen molar-refractivity contribution >= 4 is 0 Å². The van der Waals surface area contributed by atoms with Crippen molar-refractivity contribution in [2.75, 3.05) is 13.2 Å². The maximum atomic E-state index is 5.49. The molecular weight excluding hydrogens is 210 g/mol. The molecular formula is C15H19NO. The van der Waals surface area contributed by atoms with Gasteiger partial charge in [-0.3, -0.25) is 4.90 Å². The fourth-order valence-electron chi connectivity index (χ4n) is 2.71. The number of nitrogens with zero attached hydrogens (tertiary/aromatic N) is 1. The average molecular weight is 229 g/mol. The first-order valence-electron chi connectivity index (χ1n) is 6.43. The number of rotatable bonds is 3. The summed E-state index contributed by atoms with van der Waals surface area (Å²) in [5.74, 6) is 0. The summed E-state index contributed by atoms with van der Waals surface area (Å²) in [7, 11) is 0. The van der Waals surface area contributed by atoms with Gasteiger partial charge in [-0.2, -0.15) is 0 Å². The maximum absolute atomic E-state index is 5.49. The van der Waals surface area contributed by atoms with Crippen molar-refractivity contribution in [3.05, 3.63) is 48.0 Å². The average Bonchev–Trinajstić information content (AvgIpc) is 3.23. The highest BCUT2D eigenvalue weighted by molar-refractivity contribution is 5.19. The molecule has 0 aromatic heterocycles. The minimum absolute atomic E-state index is 0.464. The predicted molar refractivity (Wildman–Crippen MR) is 68.8 cm³/mol. The van der Waals surface area contributed by atoms with Gasteiger partial charge in [-0.1, -0.05) is 42.5 Å². The van der Waals surface area contributed by atoms with Crippen molar-refractivity contribution < 1.29 is 4.74 Å². The summed E-state index contributed by atoms with van der Waals surface area (Å²) in [6.45, 7) is 4.28. The van der Waals surface area contributed by atoms with Gasteiger partial charge < -0.3 is 4.74 Å². The molecule has 0 aliphatic carbocycles. The first-order valence-corrected chi connectivity index (χ1v) is 6.43. The van der Waals surface area contributed by atoms with Crippen LogP contribution in [0.5, 0.6) is 0 Å². The van der Waals surface area contributed by atoms with Gasteiger partial charge in [-0.15, -0.1) is 0 Å². The Balaban J connectivity index is 1.79. The van der Waals surface area contributed by atoms with Gasteiger partial charge in [0, 0.05) is 18.6 Å². The third kappa shape index (κ3) is 2.28. The van der Waals surface area contributed by atoms with Crippen molar-refractivity contribution in [2.24, 2.45) is 0 Å². The quantitative estimate of drug-likeness (QED) is 0.585. The third-order valence-corrected chi connectivity index (χ3v) is 3.85. The Morgan fingerprint density at radius 1 is 1.24 bits per heavy atom. The number of hydrogen-bond acceptors (Lipinski definition) is 2. The van der Waals surface area contributed by atoms with Crippen LogP contribution in [0.1, 0.15) is 24.9 Å². The predicted octanol–water partition coefficient (Wildman–Crippen LogP) is 2.78. The van der Waals surface area contributed by atoms with Crippen LogP contribution in [0.2, 0.25) is 0 Å². The zero-order valence-electron chi connectivity index (χ0n) is 10.3. The van der Waals surface area contributed by atoms with E-state index in [0.717, 1.165) is 19.6 Å². The van der Waals surface area contributed by atoms with Crippen LogP contribution in [-0.4, -0.2) is 30.2 Å². The highest BCUT2D eigenvalue weighted by atomic mass is 16.6. The van der Waals surface area contributed by atoms with Crippen LogP contribution in [0.4, 0.5) is 0 Å². The number of ether oxygens (including phenoxy) is 1. The van der Waals surface area contributed by atoms with E-state index in [1.54, 1.807) is 0 Å². The lowest BCUT2D eigenvalue weighted by atomic mass is 9.99. The number of benzene rings is 1. The first kappa shape index (κ1) is 11.0. The molecule has 2 aliphatic rings. The minimum Gasteiger partial charge on any atom is -0.371 e. The Kier molecular flexibility index (Phi) is 3.00. The van der Waals surface area contributed by atoms with Crippen molar-refractivity contribution in [1.29, 1.82) is 0 Å². The van der Waals surface area contributed by atoms with Gasteiger partial charge in [0.2, 0.25) is 0 Å². The Morgan fingerprint density at radius 2 is 2.00 bits per heavy atom. The molecule has 0 saturated carbocycles. The van der Waals surface area contributed by atoms with Crippen LogP contribution < -0.4 is 0 Å². The van der Waals surface area contributed by atoms with E-state index in [0.29, 0.717) is 18.2 Å². The Labute approximate surface area is 103 Å². The number of epoxide rings is 1. The smallest absolute Gasteiger partial charge is 0.0967 e. The summed E-state index contributed by atoms with van der Waals surface area (Å²) in [6.07, 6.45) is 6.16. The van der Waals surface area contributed by atoms with Gasteiger partial charge in [-0.05, 0) is 18.9 Å². The molecule has 1 aromatic carbocycles. The van der Waals surface area contributed by atoms with Gasteiger partial charge in [0.15, 0.2) is 0 Å². The first-order chi connectivity index (χ1) is 8.36. The summed E-state index contributed by atoms with van der Waals surface area (Å²) in [4.78, 5) is 2.56. The fourth-order valence-corrected chi connectivity index (χ4v) is 2.71. The molecule has 0 radical (unpaired) electrons. The van der Waals surface area contributed by atoms with E-state index in [1.807, 2.05) is 0 Å². The van der Waals surface area contributed by atoms with E-state index < -0.39 is 0 Å². The van der Waals surface area contributed by atoms with Crippen molar-refractivity contribution in [1.82, 2.24) is 4.90 Å². The van der Waals surface area contributed by atoms with E-state index in [9.17, 15) is 0 Å². The van der Waals surface area contributed by atoms with Gasteiger partial charge in [-0.25, -0.2) is 0 Å². The molecule has 90 valence electrons. The molecule has 2 heterocycles. The normalized spacial score (nSPS) is 30.2. The van der Waals surface area contributed by atoms with Crippen LogP contribution in [0, 0.1) is 0 Å². The molecule has 0 unspecified atom stereocenters. The molecule has 2 nitrogen and oxygen atoms in total. The topological polar surface area (TPSA) is 15.8 Å². The van der Waals surface area contributed by atoms with Crippen LogP contribution in [-0.2, 0) is 4.74 Å². The molecule has 0 spiro atoms. The molecule has 0 N–H and O–H groups in total. The molecule has 1 fully saturated rings. The standard InChI is InChI=1S/C15H19NO/c1-12(13-7-3-2-4-8-13)16-10-6-5-9-14(16)15-11-17-15/h2-8,12,14-15H,9-11H2,1H3/t12-,14+,15+/m0/s1. The molecule has 0 bridgehead atoms. The summed E-state index contributed by atoms with van der Waals surface area (Å²) in [5.41, 5.74) is 1.40. The lowest BCUT2D eigenvalue weighted by Gasteiger charge is -2.37.